The van der Waals surface area contributed by atoms with Crippen LogP contribution in [0.3, 0.4) is 0 Å². The van der Waals surface area contributed by atoms with E-state index in [1.54, 1.807) is 31.2 Å². The first-order chi connectivity index (χ1) is 9.36. The van der Waals surface area contributed by atoms with Crippen LogP contribution in [0.1, 0.15) is 23.7 Å². The van der Waals surface area contributed by atoms with Gasteiger partial charge >= 0.3 is 0 Å². The summed E-state index contributed by atoms with van der Waals surface area (Å²) in [4.78, 5) is 11.9. The molecule has 0 saturated heterocycles. The van der Waals surface area contributed by atoms with Crippen molar-refractivity contribution in [1.82, 2.24) is 9.62 Å². The van der Waals surface area contributed by atoms with E-state index in [1.807, 2.05) is 0 Å². The smallest absolute Gasteiger partial charge is 0.253 e. The number of sulfonamides is 1. The van der Waals surface area contributed by atoms with Crippen molar-refractivity contribution in [2.24, 2.45) is 0 Å². The zero-order valence-electron chi connectivity index (χ0n) is 12.2. The average molecular weight is 336 g/mol. The second kappa shape index (κ2) is 8.86. The average Bonchev–Trinajstić information content (AvgIpc) is 2.37. The molecule has 0 heterocycles. The number of nitrogens with zero attached hydrogens (tertiary/aromatic N) is 1. The van der Waals surface area contributed by atoms with Crippen LogP contribution in [0.25, 0.3) is 0 Å². The molecule has 0 bridgehead atoms. The van der Waals surface area contributed by atoms with Gasteiger partial charge in [0.1, 0.15) is 0 Å². The van der Waals surface area contributed by atoms with Crippen molar-refractivity contribution < 1.29 is 13.2 Å². The fourth-order valence-electron chi connectivity index (χ4n) is 1.81. The molecule has 0 radical (unpaired) electrons. The Morgan fingerprint density at radius 1 is 1.33 bits per heavy atom. The highest BCUT2D eigenvalue weighted by molar-refractivity contribution is 7.88. The fourth-order valence-corrected chi connectivity index (χ4v) is 2.74. The molecule has 0 atom stereocenters. The van der Waals surface area contributed by atoms with Gasteiger partial charge in [0, 0.05) is 25.3 Å². The van der Waals surface area contributed by atoms with Crippen molar-refractivity contribution >= 4 is 34.0 Å². The molecule has 0 aliphatic rings. The molecular weight excluding hydrogens is 314 g/mol. The first kappa shape index (κ1) is 19.7. The number of nitrogens with one attached hydrogen (secondary N) is 1. The number of nitrogens with two attached hydrogens (primary N) is 1. The van der Waals surface area contributed by atoms with Gasteiger partial charge in [0.05, 0.1) is 11.8 Å². The first-order valence-corrected chi connectivity index (χ1v) is 8.29. The number of carbonyl (C=O) groups is 1. The lowest BCUT2D eigenvalue weighted by Gasteiger charge is -2.17. The lowest BCUT2D eigenvalue weighted by Crippen LogP contribution is -2.33. The third kappa shape index (κ3) is 6.33. The molecule has 6 nitrogen and oxygen atoms in total. The molecule has 1 aromatic carbocycles. The molecule has 0 fully saturated rings. The van der Waals surface area contributed by atoms with Gasteiger partial charge in [0.25, 0.3) is 5.91 Å². The van der Waals surface area contributed by atoms with Crippen LogP contribution in [0.4, 0.5) is 5.69 Å². The molecule has 1 rings (SSSR count). The third-order valence-corrected chi connectivity index (χ3v) is 4.28. The predicted octanol–water partition coefficient (Wildman–Crippen LogP) is 1.09. The van der Waals surface area contributed by atoms with E-state index in [0.717, 1.165) is 0 Å². The molecule has 21 heavy (non-hydrogen) atoms. The fraction of sp³-hybridized carbons (Fsp3) is 0.462. The number of anilines is 1. The van der Waals surface area contributed by atoms with Crippen molar-refractivity contribution in [2.45, 2.75) is 13.3 Å². The number of para-hydroxylation sites is 1. The van der Waals surface area contributed by atoms with E-state index in [0.29, 0.717) is 37.3 Å². The number of hydrogen-bond acceptors (Lipinski definition) is 4. The monoisotopic (exact) mass is 335 g/mol. The Hall–Kier alpha value is -1.31. The van der Waals surface area contributed by atoms with Crippen LogP contribution in [0, 0.1) is 0 Å². The molecule has 1 amide bonds. The molecule has 0 aliphatic carbocycles. The van der Waals surface area contributed by atoms with E-state index < -0.39 is 10.0 Å². The topological polar surface area (TPSA) is 92.5 Å². The summed E-state index contributed by atoms with van der Waals surface area (Å²) in [6, 6.07) is 6.82. The van der Waals surface area contributed by atoms with Gasteiger partial charge in [-0.3, -0.25) is 4.79 Å². The Labute approximate surface area is 132 Å². The van der Waals surface area contributed by atoms with Gasteiger partial charge in [-0.25, -0.2) is 12.7 Å². The molecular formula is C13H22ClN3O3S. The molecule has 120 valence electrons. The molecule has 0 spiro atoms. The molecule has 0 aliphatic heterocycles. The van der Waals surface area contributed by atoms with Gasteiger partial charge < -0.3 is 11.1 Å². The summed E-state index contributed by atoms with van der Waals surface area (Å²) in [6.07, 6.45) is 1.74. The van der Waals surface area contributed by atoms with Crippen LogP contribution in [0.5, 0.6) is 0 Å². The number of rotatable bonds is 7. The molecule has 3 N–H and O–H groups in total. The van der Waals surface area contributed by atoms with Crippen LogP contribution in [-0.4, -0.2) is 44.5 Å². The lowest BCUT2D eigenvalue weighted by molar-refractivity contribution is 0.0953. The second-order valence-electron chi connectivity index (χ2n) is 4.45. The van der Waals surface area contributed by atoms with Crippen molar-refractivity contribution in [3.63, 3.8) is 0 Å². The Morgan fingerprint density at radius 2 is 1.95 bits per heavy atom. The molecule has 8 heteroatoms. The Morgan fingerprint density at radius 3 is 2.48 bits per heavy atom. The molecule has 0 unspecified atom stereocenters. The Balaban J connectivity index is 0.00000400. The number of nitrogen functional groups attached to an aromatic ring is 1. The summed E-state index contributed by atoms with van der Waals surface area (Å²) in [5, 5.41) is 2.73. The van der Waals surface area contributed by atoms with Crippen molar-refractivity contribution in [1.29, 1.82) is 0 Å². The van der Waals surface area contributed by atoms with Gasteiger partial charge in [-0.1, -0.05) is 19.1 Å². The quantitative estimate of drug-likeness (QED) is 0.576. The van der Waals surface area contributed by atoms with Crippen molar-refractivity contribution in [3.05, 3.63) is 29.8 Å². The van der Waals surface area contributed by atoms with Crippen molar-refractivity contribution in [3.8, 4) is 0 Å². The maximum Gasteiger partial charge on any atom is 0.253 e. The second-order valence-corrected chi connectivity index (χ2v) is 6.43. The van der Waals surface area contributed by atoms with E-state index in [2.05, 4.69) is 5.32 Å². The minimum Gasteiger partial charge on any atom is -0.398 e. The van der Waals surface area contributed by atoms with Gasteiger partial charge in [-0.15, -0.1) is 12.4 Å². The van der Waals surface area contributed by atoms with E-state index in [4.69, 9.17) is 5.73 Å². The number of amides is 1. The zero-order chi connectivity index (χ0) is 15.2. The van der Waals surface area contributed by atoms with Crippen LogP contribution >= 0.6 is 12.4 Å². The summed E-state index contributed by atoms with van der Waals surface area (Å²) < 4.78 is 24.1. The largest absolute Gasteiger partial charge is 0.398 e. The van der Waals surface area contributed by atoms with E-state index >= 15 is 0 Å². The van der Waals surface area contributed by atoms with Crippen LogP contribution < -0.4 is 11.1 Å². The lowest BCUT2D eigenvalue weighted by atomic mass is 10.1. The van der Waals surface area contributed by atoms with Crippen LogP contribution in [0.2, 0.25) is 0 Å². The highest BCUT2D eigenvalue weighted by Crippen LogP contribution is 2.09. The minimum atomic E-state index is -3.17. The Kier molecular flexibility index (Phi) is 8.31. The third-order valence-electron chi connectivity index (χ3n) is 2.90. The molecule has 0 saturated carbocycles. The van der Waals surface area contributed by atoms with E-state index in [9.17, 15) is 13.2 Å². The predicted molar refractivity (Wildman–Crippen MR) is 87.1 cm³/mol. The van der Waals surface area contributed by atoms with Crippen LogP contribution in [0.15, 0.2) is 24.3 Å². The highest BCUT2D eigenvalue weighted by Gasteiger charge is 2.14. The van der Waals surface area contributed by atoms with E-state index in [-0.39, 0.29) is 18.3 Å². The summed E-state index contributed by atoms with van der Waals surface area (Å²) in [5.41, 5.74) is 6.56. The van der Waals surface area contributed by atoms with Crippen molar-refractivity contribution in [2.75, 3.05) is 31.6 Å². The number of carbonyl (C=O) groups excluding carboxylic acids is 1. The number of benzene rings is 1. The van der Waals surface area contributed by atoms with Gasteiger partial charge in [0.15, 0.2) is 0 Å². The maximum absolute atomic E-state index is 11.9. The Bertz CT molecular complexity index is 564. The zero-order valence-corrected chi connectivity index (χ0v) is 13.8. The maximum atomic E-state index is 11.9. The number of hydrogen-bond donors (Lipinski definition) is 2. The van der Waals surface area contributed by atoms with E-state index in [1.165, 1.54) is 10.6 Å². The summed E-state index contributed by atoms with van der Waals surface area (Å²) in [7, 11) is -3.17. The molecule has 1 aromatic rings. The van der Waals surface area contributed by atoms with Crippen LogP contribution in [-0.2, 0) is 10.0 Å². The summed E-state index contributed by atoms with van der Waals surface area (Å²) in [5.74, 6) is -0.245. The highest BCUT2D eigenvalue weighted by atomic mass is 35.5. The minimum absolute atomic E-state index is 0. The number of halogens is 1. The normalized spacial score (nSPS) is 11.0. The van der Waals surface area contributed by atoms with Gasteiger partial charge in [-0.2, -0.15) is 0 Å². The summed E-state index contributed by atoms with van der Waals surface area (Å²) in [6.45, 7) is 3.00. The molecule has 0 aromatic heterocycles. The van der Waals surface area contributed by atoms with Gasteiger partial charge in [-0.05, 0) is 18.6 Å². The first-order valence-electron chi connectivity index (χ1n) is 6.44. The SMILES string of the molecule is CCN(CCCNC(=O)c1ccccc1N)S(C)(=O)=O.Cl. The standard InChI is InChI=1S/C13H21N3O3S.ClH/c1-3-16(20(2,18)19)10-6-9-15-13(17)11-7-4-5-8-12(11)14;/h4-5,7-8H,3,6,9-10,14H2,1-2H3,(H,15,17);1H. The summed E-state index contributed by atoms with van der Waals surface area (Å²) >= 11 is 0. The van der Waals surface area contributed by atoms with Gasteiger partial charge in [0.2, 0.25) is 10.0 Å².